The molecule has 3 heterocycles. The van der Waals surface area contributed by atoms with Gasteiger partial charge in [-0.3, -0.25) is 15.2 Å². The van der Waals surface area contributed by atoms with E-state index in [0.29, 0.717) is 5.69 Å². The summed E-state index contributed by atoms with van der Waals surface area (Å²) in [6, 6.07) is 8.65. The van der Waals surface area contributed by atoms with E-state index in [-0.39, 0.29) is 5.69 Å². The SMILES string of the molecule is CS(=O)(=O)C(=N)CC(=O)c1cccc(-c2cnc(-c3cccnc3)s2)n1. The van der Waals surface area contributed by atoms with Crippen molar-refractivity contribution in [3.63, 3.8) is 0 Å². The third-order valence-corrected chi connectivity index (χ3v) is 5.58. The summed E-state index contributed by atoms with van der Waals surface area (Å²) in [4.78, 5) is 25.7. The molecule has 0 aliphatic heterocycles. The number of nitrogens with zero attached hydrogens (tertiary/aromatic N) is 3. The van der Waals surface area contributed by atoms with Crippen molar-refractivity contribution in [3.05, 3.63) is 54.6 Å². The molecular formula is C17H14N4O3S2. The maximum absolute atomic E-state index is 12.2. The highest BCUT2D eigenvalue weighted by molar-refractivity contribution is 8.05. The molecule has 3 aromatic rings. The molecule has 0 saturated carbocycles. The molecule has 26 heavy (non-hydrogen) atoms. The second-order valence-corrected chi connectivity index (χ2v) is 8.54. The van der Waals surface area contributed by atoms with Crippen LogP contribution >= 0.6 is 11.3 Å². The van der Waals surface area contributed by atoms with Crippen LogP contribution in [0.5, 0.6) is 0 Å². The van der Waals surface area contributed by atoms with Gasteiger partial charge in [-0.15, -0.1) is 11.3 Å². The monoisotopic (exact) mass is 386 g/mol. The lowest BCUT2D eigenvalue weighted by Crippen LogP contribution is -2.17. The molecule has 0 spiro atoms. The van der Waals surface area contributed by atoms with Crippen molar-refractivity contribution in [2.24, 2.45) is 0 Å². The third-order valence-electron chi connectivity index (χ3n) is 3.47. The van der Waals surface area contributed by atoms with Crippen LogP contribution in [0.25, 0.3) is 21.1 Å². The number of carbonyl (C=O) groups excluding carboxylic acids is 1. The molecule has 1 N–H and O–H groups in total. The van der Waals surface area contributed by atoms with Crippen LogP contribution < -0.4 is 0 Å². The van der Waals surface area contributed by atoms with Crippen molar-refractivity contribution in [2.45, 2.75) is 6.42 Å². The first-order chi connectivity index (χ1) is 12.3. The van der Waals surface area contributed by atoms with Gasteiger partial charge >= 0.3 is 0 Å². The van der Waals surface area contributed by atoms with E-state index in [1.165, 1.54) is 17.4 Å². The summed E-state index contributed by atoms with van der Waals surface area (Å²) in [6.45, 7) is 0. The van der Waals surface area contributed by atoms with Crippen molar-refractivity contribution in [1.29, 1.82) is 5.41 Å². The Morgan fingerprint density at radius 2 is 2.00 bits per heavy atom. The number of aromatic nitrogens is 3. The number of hydrogen-bond donors (Lipinski definition) is 1. The number of sulfone groups is 1. The van der Waals surface area contributed by atoms with Gasteiger partial charge in [-0.25, -0.2) is 18.4 Å². The van der Waals surface area contributed by atoms with E-state index in [9.17, 15) is 13.2 Å². The van der Waals surface area contributed by atoms with E-state index in [1.807, 2.05) is 12.1 Å². The number of hydrogen-bond acceptors (Lipinski definition) is 8. The van der Waals surface area contributed by atoms with Crippen molar-refractivity contribution in [1.82, 2.24) is 15.0 Å². The highest BCUT2D eigenvalue weighted by atomic mass is 32.2. The summed E-state index contributed by atoms with van der Waals surface area (Å²) >= 11 is 1.41. The minimum absolute atomic E-state index is 0.118. The van der Waals surface area contributed by atoms with Crippen LogP contribution in [0.1, 0.15) is 16.9 Å². The van der Waals surface area contributed by atoms with Gasteiger partial charge in [0.25, 0.3) is 0 Å². The Morgan fingerprint density at radius 3 is 2.69 bits per heavy atom. The topological polar surface area (TPSA) is 114 Å². The van der Waals surface area contributed by atoms with Gasteiger partial charge in [0.05, 0.1) is 17.0 Å². The molecule has 0 aliphatic carbocycles. The van der Waals surface area contributed by atoms with E-state index in [1.54, 1.807) is 30.7 Å². The summed E-state index contributed by atoms with van der Waals surface area (Å²) < 4.78 is 22.6. The Morgan fingerprint density at radius 1 is 1.19 bits per heavy atom. The highest BCUT2D eigenvalue weighted by Crippen LogP contribution is 2.30. The van der Waals surface area contributed by atoms with Gasteiger partial charge in [-0.2, -0.15) is 0 Å². The summed E-state index contributed by atoms with van der Waals surface area (Å²) in [5.74, 6) is -0.515. The number of rotatable bonds is 5. The third kappa shape index (κ3) is 4.06. The zero-order valence-corrected chi connectivity index (χ0v) is 15.3. The first-order valence-electron chi connectivity index (χ1n) is 7.49. The average Bonchev–Trinajstić information content (AvgIpc) is 3.12. The van der Waals surface area contributed by atoms with Crippen LogP contribution in [0.3, 0.4) is 0 Å². The number of thiazole rings is 1. The molecule has 0 radical (unpaired) electrons. The van der Waals surface area contributed by atoms with E-state index < -0.39 is 27.1 Å². The van der Waals surface area contributed by atoms with Crippen LogP contribution in [0.15, 0.2) is 48.9 Å². The summed E-state index contributed by atoms with van der Waals surface area (Å²) in [5, 5.41) is 7.65. The number of Topliss-reactive ketones (excluding diaryl/α,β-unsaturated/α-hetero) is 1. The minimum Gasteiger partial charge on any atom is -0.293 e. The molecule has 3 aromatic heterocycles. The van der Waals surface area contributed by atoms with Gasteiger partial charge in [-0.1, -0.05) is 6.07 Å². The molecule has 0 aliphatic rings. The maximum Gasteiger partial charge on any atom is 0.188 e. The second kappa shape index (κ2) is 7.22. The Hall–Kier alpha value is -2.78. The predicted octanol–water partition coefficient (Wildman–Crippen LogP) is 2.86. The molecule has 132 valence electrons. The summed E-state index contributed by atoms with van der Waals surface area (Å²) in [6.07, 6.45) is 5.47. The average molecular weight is 386 g/mol. The Balaban J connectivity index is 1.85. The van der Waals surface area contributed by atoms with Crippen molar-refractivity contribution < 1.29 is 13.2 Å². The number of ketones is 1. The molecule has 3 rings (SSSR count). The van der Waals surface area contributed by atoms with Gasteiger partial charge in [-0.05, 0) is 24.3 Å². The smallest absolute Gasteiger partial charge is 0.188 e. The molecule has 0 saturated heterocycles. The molecule has 9 heteroatoms. The Labute approximate surface area is 154 Å². The van der Waals surface area contributed by atoms with Gasteiger partial charge in [0, 0.05) is 30.4 Å². The molecule has 0 atom stereocenters. The lowest BCUT2D eigenvalue weighted by molar-refractivity contribution is 0.0996. The normalized spacial score (nSPS) is 11.3. The molecule has 0 bridgehead atoms. The fourth-order valence-corrected chi connectivity index (χ4v) is 3.38. The van der Waals surface area contributed by atoms with Gasteiger partial charge < -0.3 is 0 Å². The zero-order valence-electron chi connectivity index (χ0n) is 13.7. The highest BCUT2D eigenvalue weighted by Gasteiger charge is 2.18. The van der Waals surface area contributed by atoms with Crippen molar-refractivity contribution in [2.75, 3.05) is 6.26 Å². The van der Waals surface area contributed by atoms with Crippen LogP contribution in [0.2, 0.25) is 0 Å². The molecule has 0 aromatic carbocycles. The predicted molar refractivity (Wildman–Crippen MR) is 100 cm³/mol. The molecule has 7 nitrogen and oxygen atoms in total. The Kier molecular flexibility index (Phi) is 5.01. The van der Waals surface area contributed by atoms with Crippen LogP contribution in [-0.4, -0.2) is 40.5 Å². The quantitative estimate of drug-likeness (QED) is 0.410. The zero-order chi connectivity index (χ0) is 18.7. The van der Waals surface area contributed by atoms with E-state index in [0.717, 1.165) is 21.7 Å². The molecule has 0 amide bonds. The summed E-state index contributed by atoms with van der Waals surface area (Å²) in [7, 11) is -3.67. The Bertz CT molecular complexity index is 1080. The van der Waals surface area contributed by atoms with Gasteiger partial charge in [0.1, 0.15) is 15.7 Å². The van der Waals surface area contributed by atoms with Gasteiger partial charge in [0.15, 0.2) is 15.6 Å². The number of nitrogens with one attached hydrogen (secondary N) is 1. The minimum atomic E-state index is -3.67. The first-order valence-corrected chi connectivity index (χ1v) is 10.2. The lowest BCUT2D eigenvalue weighted by atomic mass is 10.2. The van der Waals surface area contributed by atoms with Crippen LogP contribution in [0, 0.1) is 5.41 Å². The number of pyridine rings is 2. The van der Waals surface area contributed by atoms with Gasteiger partial charge in [0.2, 0.25) is 0 Å². The number of carbonyl (C=O) groups is 1. The van der Waals surface area contributed by atoms with Crippen LogP contribution in [0.4, 0.5) is 0 Å². The second-order valence-electron chi connectivity index (χ2n) is 5.47. The van der Waals surface area contributed by atoms with E-state index in [2.05, 4.69) is 15.0 Å². The standard InChI is InChI=1S/C17H14N4O3S2/c1-26(23,24)16(18)8-14(22)12-5-2-6-13(21-12)15-10-20-17(25-15)11-4-3-7-19-9-11/h2-7,9-10,18H,8H2,1H3. The first kappa shape index (κ1) is 18.0. The maximum atomic E-state index is 12.2. The molecular weight excluding hydrogens is 372 g/mol. The lowest BCUT2D eigenvalue weighted by Gasteiger charge is -2.03. The fraction of sp³-hybridized carbons (Fsp3) is 0.118. The summed E-state index contributed by atoms with van der Waals surface area (Å²) in [5.41, 5.74) is 1.57. The largest absolute Gasteiger partial charge is 0.293 e. The molecule has 0 unspecified atom stereocenters. The van der Waals surface area contributed by atoms with Crippen molar-refractivity contribution in [3.8, 4) is 21.1 Å². The van der Waals surface area contributed by atoms with Crippen molar-refractivity contribution >= 4 is 32.0 Å². The molecule has 0 fully saturated rings. The van der Waals surface area contributed by atoms with E-state index in [4.69, 9.17) is 5.41 Å². The van der Waals surface area contributed by atoms with E-state index >= 15 is 0 Å². The van der Waals surface area contributed by atoms with Crippen LogP contribution in [-0.2, 0) is 9.84 Å². The fourth-order valence-electron chi connectivity index (χ4n) is 2.11.